The third kappa shape index (κ3) is 2.79. The van der Waals surface area contributed by atoms with Crippen LogP contribution in [-0.2, 0) is 0 Å². The van der Waals surface area contributed by atoms with Gasteiger partial charge in [-0.3, -0.25) is 4.79 Å². The monoisotopic (exact) mass is 291 g/mol. The molecular formula is C19H17NO2. The van der Waals surface area contributed by atoms with E-state index in [1.807, 2.05) is 68.4 Å². The fourth-order valence-electron chi connectivity index (χ4n) is 2.46. The van der Waals surface area contributed by atoms with Gasteiger partial charge in [0.25, 0.3) is 0 Å². The molecule has 1 heterocycles. The van der Waals surface area contributed by atoms with E-state index in [0.29, 0.717) is 22.6 Å². The lowest BCUT2D eigenvalue weighted by molar-refractivity contribution is 0.103. The molecule has 0 radical (unpaired) electrons. The van der Waals surface area contributed by atoms with Gasteiger partial charge in [0, 0.05) is 17.0 Å². The SMILES string of the molecule is Cc1cc(C(=O)c2ccccc2Oc2ccccc2)c(C)[nH]1. The van der Waals surface area contributed by atoms with Gasteiger partial charge in [-0.2, -0.15) is 0 Å². The Morgan fingerprint density at radius 3 is 2.27 bits per heavy atom. The van der Waals surface area contributed by atoms with E-state index >= 15 is 0 Å². The summed E-state index contributed by atoms with van der Waals surface area (Å²) < 4.78 is 5.87. The number of hydrogen-bond acceptors (Lipinski definition) is 2. The second-order valence-electron chi connectivity index (χ2n) is 5.23. The van der Waals surface area contributed by atoms with E-state index in [4.69, 9.17) is 4.74 Å². The van der Waals surface area contributed by atoms with Crippen LogP contribution in [-0.4, -0.2) is 10.8 Å². The van der Waals surface area contributed by atoms with Crippen LogP contribution in [0.25, 0.3) is 0 Å². The molecule has 0 atom stereocenters. The van der Waals surface area contributed by atoms with Crippen molar-refractivity contribution in [3.05, 3.63) is 83.2 Å². The molecule has 0 fully saturated rings. The molecule has 0 aliphatic heterocycles. The number of para-hydroxylation sites is 2. The molecular weight excluding hydrogens is 274 g/mol. The summed E-state index contributed by atoms with van der Waals surface area (Å²) in [7, 11) is 0. The Balaban J connectivity index is 1.98. The molecule has 22 heavy (non-hydrogen) atoms. The van der Waals surface area contributed by atoms with Gasteiger partial charge in [-0.05, 0) is 44.2 Å². The van der Waals surface area contributed by atoms with Crippen molar-refractivity contribution in [2.75, 3.05) is 0 Å². The van der Waals surface area contributed by atoms with Crippen LogP contribution in [0.5, 0.6) is 11.5 Å². The van der Waals surface area contributed by atoms with E-state index in [0.717, 1.165) is 11.4 Å². The molecule has 0 saturated heterocycles. The summed E-state index contributed by atoms with van der Waals surface area (Å²) in [5.41, 5.74) is 3.09. The van der Waals surface area contributed by atoms with E-state index in [1.54, 1.807) is 6.07 Å². The average molecular weight is 291 g/mol. The smallest absolute Gasteiger partial charge is 0.198 e. The number of ketones is 1. The minimum absolute atomic E-state index is 0.0339. The highest BCUT2D eigenvalue weighted by atomic mass is 16.5. The van der Waals surface area contributed by atoms with E-state index in [9.17, 15) is 4.79 Å². The first kappa shape index (κ1) is 14.1. The minimum Gasteiger partial charge on any atom is -0.457 e. The number of ether oxygens (including phenoxy) is 1. The number of aromatic amines is 1. The van der Waals surface area contributed by atoms with E-state index in [2.05, 4.69) is 4.98 Å². The minimum atomic E-state index is -0.0339. The lowest BCUT2D eigenvalue weighted by Gasteiger charge is -2.10. The summed E-state index contributed by atoms with van der Waals surface area (Å²) in [5.74, 6) is 1.25. The van der Waals surface area contributed by atoms with Crippen molar-refractivity contribution in [1.29, 1.82) is 0 Å². The Morgan fingerprint density at radius 1 is 0.909 bits per heavy atom. The zero-order chi connectivity index (χ0) is 15.5. The van der Waals surface area contributed by atoms with Crippen molar-refractivity contribution in [1.82, 2.24) is 4.98 Å². The van der Waals surface area contributed by atoms with Crippen LogP contribution in [0, 0.1) is 13.8 Å². The lowest BCUT2D eigenvalue weighted by atomic mass is 10.0. The molecule has 3 aromatic rings. The first-order chi connectivity index (χ1) is 10.6. The van der Waals surface area contributed by atoms with Crippen molar-refractivity contribution in [2.45, 2.75) is 13.8 Å². The van der Waals surface area contributed by atoms with E-state index in [-0.39, 0.29) is 5.78 Å². The quantitative estimate of drug-likeness (QED) is 0.711. The van der Waals surface area contributed by atoms with Crippen LogP contribution in [0.1, 0.15) is 27.3 Å². The van der Waals surface area contributed by atoms with Crippen molar-refractivity contribution in [3.63, 3.8) is 0 Å². The maximum Gasteiger partial charge on any atom is 0.198 e. The number of carbonyl (C=O) groups excluding carboxylic acids is 1. The van der Waals surface area contributed by atoms with Crippen molar-refractivity contribution < 1.29 is 9.53 Å². The molecule has 3 heteroatoms. The summed E-state index contributed by atoms with van der Waals surface area (Å²) in [6, 6.07) is 18.7. The summed E-state index contributed by atoms with van der Waals surface area (Å²) >= 11 is 0. The van der Waals surface area contributed by atoms with Crippen LogP contribution in [0.2, 0.25) is 0 Å². The Morgan fingerprint density at radius 2 is 1.59 bits per heavy atom. The van der Waals surface area contributed by atoms with Gasteiger partial charge in [-0.25, -0.2) is 0 Å². The van der Waals surface area contributed by atoms with Gasteiger partial charge in [0.05, 0.1) is 5.56 Å². The highest BCUT2D eigenvalue weighted by Crippen LogP contribution is 2.27. The van der Waals surface area contributed by atoms with Crippen LogP contribution >= 0.6 is 0 Å². The van der Waals surface area contributed by atoms with Crippen molar-refractivity contribution >= 4 is 5.78 Å². The van der Waals surface area contributed by atoms with Gasteiger partial charge < -0.3 is 9.72 Å². The number of H-pyrrole nitrogens is 1. The number of nitrogens with one attached hydrogen (secondary N) is 1. The number of aromatic nitrogens is 1. The molecule has 0 amide bonds. The molecule has 0 spiro atoms. The van der Waals surface area contributed by atoms with Gasteiger partial charge in [0.15, 0.2) is 5.78 Å². The molecule has 0 saturated carbocycles. The molecule has 0 aliphatic carbocycles. The summed E-state index contributed by atoms with van der Waals surface area (Å²) in [6.45, 7) is 3.84. The number of benzene rings is 2. The number of carbonyl (C=O) groups is 1. The Kier molecular flexibility index (Phi) is 3.79. The zero-order valence-corrected chi connectivity index (χ0v) is 12.6. The number of hydrogen-bond donors (Lipinski definition) is 1. The Bertz CT molecular complexity index is 803. The number of rotatable bonds is 4. The molecule has 1 N–H and O–H groups in total. The topological polar surface area (TPSA) is 42.1 Å². The van der Waals surface area contributed by atoms with Gasteiger partial charge in [-0.15, -0.1) is 0 Å². The van der Waals surface area contributed by atoms with Gasteiger partial charge >= 0.3 is 0 Å². The molecule has 0 unspecified atom stereocenters. The highest BCUT2D eigenvalue weighted by molar-refractivity contribution is 6.11. The molecule has 3 nitrogen and oxygen atoms in total. The average Bonchev–Trinajstić information content (AvgIpc) is 2.87. The molecule has 110 valence electrons. The molecule has 3 rings (SSSR count). The van der Waals surface area contributed by atoms with Gasteiger partial charge in [0.1, 0.15) is 11.5 Å². The molecule has 0 aliphatic rings. The van der Waals surface area contributed by atoms with Crippen LogP contribution in [0.15, 0.2) is 60.7 Å². The molecule has 2 aromatic carbocycles. The summed E-state index contributed by atoms with van der Waals surface area (Å²) in [5, 5.41) is 0. The molecule has 0 bridgehead atoms. The first-order valence-corrected chi connectivity index (χ1v) is 7.18. The van der Waals surface area contributed by atoms with Crippen LogP contribution < -0.4 is 4.74 Å². The largest absolute Gasteiger partial charge is 0.457 e. The summed E-state index contributed by atoms with van der Waals surface area (Å²) in [6.07, 6.45) is 0. The first-order valence-electron chi connectivity index (χ1n) is 7.18. The second-order valence-corrected chi connectivity index (χ2v) is 5.23. The molecule has 1 aromatic heterocycles. The van der Waals surface area contributed by atoms with E-state index in [1.165, 1.54) is 0 Å². The number of aryl methyl sites for hydroxylation is 2. The van der Waals surface area contributed by atoms with Gasteiger partial charge in [-0.1, -0.05) is 30.3 Å². The zero-order valence-electron chi connectivity index (χ0n) is 12.6. The van der Waals surface area contributed by atoms with Crippen molar-refractivity contribution in [2.24, 2.45) is 0 Å². The maximum atomic E-state index is 12.8. The van der Waals surface area contributed by atoms with Gasteiger partial charge in [0.2, 0.25) is 0 Å². The normalized spacial score (nSPS) is 10.5. The Labute approximate surface area is 129 Å². The fourth-order valence-corrected chi connectivity index (χ4v) is 2.46. The third-order valence-electron chi connectivity index (χ3n) is 3.50. The Hall–Kier alpha value is -2.81. The standard InChI is InChI=1S/C19H17NO2/c1-13-12-17(14(2)20-13)19(21)16-10-6-7-11-18(16)22-15-8-4-3-5-9-15/h3-12,20H,1-2H3. The van der Waals surface area contributed by atoms with Crippen LogP contribution in [0.3, 0.4) is 0 Å². The van der Waals surface area contributed by atoms with Crippen molar-refractivity contribution in [3.8, 4) is 11.5 Å². The summed E-state index contributed by atoms with van der Waals surface area (Å²) in [4.78, 5) is 16.0. The lowest BCUT2D eigenvalue weighted by Crippen LogP contribution is -2.04. The maximum absolute atomic E-state index is 12.8. The fraction of sp³-hybridized carbons (Fsp3) is 0.105. The predicted molar refractivity (Wildman–Crippen MR) is 86.7 cm³/mol. The third-order valence-corrected chi connectivity index (χ3v) is 3.50. The van der Waals surface area contributed by atoms with E-state index < -0.39 is 0 Å². The second kappa shape index (κ2) is 5.90. The highest BCUT2D eigenvalue weighted by Gasteiger charge is 2.18. The predicted octanol–water partition coefficient (Wildman–Crippen LogP) is 4.65. The van der Waals surface area contributed by atoms with Crippen LogP contribution in [0.4, 0.5) is 0 Å².